The molecule has 2 aliphatic carbocycles. The Kier molecular flexibility index (Phi) is 4.15. The Bertz CT molecular complexity index is 922. The van der Waals surface area contributed by atoms with E-state index in [1.807, 2.05) is 11.0 Å². The topological polar surface area (TPSA) is 41.6 Å². The van der Waals surface area contributed by atoms with Crippen molar-refractivity contribution in [3.8, 4) is 0 Å². The van der Waals surface area contributed by atoms with Crippen LogP contribution in [-0.4, -0.2) is 37.1 Å². The van der Waals surface area contributed by atoms with Crippen molar-refractivity contribution in [1.29, 1.82) is 0 Å². The Morgan fingerprint density at radius 2 is 1.79 bits per heavy atom. The van der Waals surface area contributed by atoms with Crippen molar-refractivity contribution in [3.63, 3.8) is 0 Å². The second-order valence-electron chi connectivity index (χ2n) is 9.18. The minimum Gasteiger partial charge on any atom is -0.378 e. The molecule has 29 heavy (non-hydrogen) atoms. The number of amides is 1. The molecule has 4 nitrogen and oxygen atoms in total. The molecule has 4 heteroatoms. The van der Waals surface area contributed by atoms with Crippen LogP contribution >= 0.6 is 0 Å². The van der Waals surface area contributed by atoms with E-state index in [0.717, 1.165) is 17.4 Å². The number of rotatable bonds is 2. The van der Waals surface area contributed by atoms with E-state index in [1.165, 1.54) is 36.1 Å². The first kappa shape index (κ1) is 17.5. The average molecular weight is 389 g/mol. The predicted molar refractivity (Wildman–Crippen MR) is 113 cm³/mol. The second kappa shape index (κ2) is 6.88. The van der Waals surface area contributed by atoms with Crippen LogP contribution in [0.3, 0.4) is 0 Å². The largest absolute Gasteiger partial charge is 0.378 e. The van der Waals surface area contributed by atoms with E-state index in [-0.39, 0.29) is 5.91 Å². The van der Waals surface area contributed by atoms with Crippen molar-refractivity contribution < 1.29 is 9.53 Å². The summed E-state index contributed by atoms with van der Waals surface area (Å²) in [5.41, 5.74) is 4.85. The summed E-state index contributed by atoms with van der Waals surface area (Å²) in [6.45, 7) is 2.68. The number of fused-ring (bicyclic) bond motifs is 7. The van der Waals surface area contributed by atoms with Gasteiger partial charge >= 0.3 is 0 Å². The highest BCUT2D eigenvalue weighted by Gasteiger charge is 2.53. The van der Waals surface area contributed by atoms with Crippen molar-refractivity contribution in [2.45, 2.75) is 31.2 Å². The van der Waals surface area contributed by atoms with Gasteiger partial charge in [-0.15, -0.1) is 0 Å². The van der Waals surface area contributed by atoms with Crippen LogP contribution in [0.5, 0.6) is 0 Å². The van der Waals surface area contributed by atoms with Gasteiger partial charge in [0.1, 0.15) is 0 Å². The Hall–Kier alpha value is -2.33. The first-order chi connectivity index (χ1) is 14.3. The number of hydrogen-bond donors (Lipinski definition) is 1. The summed E-state index contributed by atoms with van der Waals surface area (Å²) in [7, 11) is 0. The van der Waals surface area contributed by atoms with E-state index in [0.29, 0.717) is 44.2 Å². The van der Waals surface area contributed by atoms with Gasteiger partial charge in [-0.3, -0.25) is 4.79 Å². The molecule has 0 radical (unpaired) electrons. The van der Waals surface area contributed by atoms with Gasteiger partial charge in [0.25, 0.3) is 5.91 Å². The number of ether oxygens (including phenoxy) is 1. The maximum atomic E-state index is 13.1. The quantitative estimate of drug-likeness (QED) is 0.826. The predicted octanol–water partition coefficient (Wildman–Crippen LogP) is 4.46. The Labute approximate surface area is 172 Å². The molecule has 2 aromatic carbocycles. The molecule has 2 aromatic rings. The number of anilines is 1. The molecule has 3 fully saturated rings. The zero-order chi connectivity index (χ0) is 19.4. The van der Waals surface area contributed by atoms with E-state index in [9.17, 15) is 4.79 Å². The molecule has 1 saturated heterocycles. The van der Waals surface area contributed by atoms with Gasteiger partial charge in [0.15, 0.2) is 0 Å². The van der Waals surface area contributed by atoms with Crippen molar-refractivity contribution in [2.24, 2.45) is 17.8 Å². The molecule has 6 rings (SSSR count). The lowest BCUT2D eigenvalue weighted by atomic mass is 9.68. The SMILES string of the molecule is O=C(c1ccc2c(c1)[C@@H]1[C@H]3CC[C@H](C3)[C@@H]1[C@@H](c1ccccc1)N2)N1CCOCC1. The summed E-state index contributed by atoms with van der Waals surface area (Å²) in [4.78, 5) is 15.0. The van der Waals surface area contributed by atoms with Gasteiger partial charge < -0.3 is 15.0 Å². The monoisotopic (exact) mass is 388 g/mol. The minimum atomic E-state index is 0.154. The Morgan fingerprint density at radius 3 is 2.62 bits per heavy atom. The third kappa shape index (κ3) is 2.80. The molecule has 1 amide bonds. The Morgan fingerprint density at radius 1 is 1.00 bits per heavy atom. The van der Waals surface area contributed by atoms with Gasteiger partial charge in [0, 0.05) is 24.3 Å². The standard InChI is InChI=1S/C25H28N2O2/c28-25(27-10-12-29-13-11-27)19-8-9-21-20(15-19)22-17-6-7-18(14-17)23(22)24(26-21)16-4-2-1-3-5-16/h1-5,8-9,15,17-18,22-24,26H,6-7,10-14H2/t17-,18+,22-,23-,24+/m0/s1. The van der Waals surface area contributed by atoms with Crippen molar-refractivity contribution >= 4 is 11.6 Å². The lowest BCUT2D eigenvalue weighted by Crippen LogP contribution is -2.41. The van der Waals surface area contributed by atoms with Crippen LogP contribution in [-0.2, 0) is 4.74 Å². The van der Waals surface area contributed by atoms with Gasteiger partial charge in [-0.1, -0.05) is 30.3 Å². The number of nitrogens with one attached hydrogen (secondary N) is 1. The van der Waals surface area contributed by atoms with E-state index in [4.69, 9.17) is 4.74 Å². The number of carbonyl (C=O) groups excluding carboxylic acids is 1. The average Bonchev–Trinajstić information content (AvgIpc) is 3.42. The second-order valence-corrected chi connectivity index (χ2v) is 9.18. The fraction of sp³-hybridized carbons (Fsp3) is 0.480. The van der Waals surface area contributed by atoms with Crippen LogP contribution in [0.15, 0.2) is 48.5 Å². The van der Waals surface area contributed by atoms with E-state index in [1.54, 1.807) is 0 Å². The van der Waals surface area contributed by atoms with Gasteiger partial charge in [0.2, 0.25) is 0 Å². The zero-order valence-corrected chi connectivity index (χ0v) is 16.7. The van der Waals surface area contributed by atoms with Crippen molar-refractivity contribution in [2.75, 3.05) is 31.6 Å². The first-order valence-corrected chi connectivity index (χ1v) is 11.1. The van der Waals surface area contributed by atoms with Crippen LogP contribution in [0, 0.1) is 17.8 Å². The molecule has 2 aliphatic heterocycles. The normalized spacial score (nSPS) is 32.4. The summed E-state index contributed by atoms with van der Waals surface area (Å²) >= 11 is 0. The summed E-state index contributed by atoms with van der Waals surface area (Å²) in [6, 6.07) is 17.7. The van der Waals surface area contributed by atoms with Crippen LogP contribution in [0.4, 0.5) is 5.69 Å². The molecule has 2 bridgehead atoms. The number of hydrogen-bond acceptors (Lipinski definition) is 3. The van der Waals surface area contributed by atoms with E-state index >= 15 is 0 Å². The number of nitrogens with zero attached hydrogens (tertiary/aromatic N) is 1. The van der Waals surface area contributed by atoms with Crippen LogP contribution in [0.1, 0.15) is 52.7 Å². The molecular formula is C25H28N2O2. The molecule has 5 atom stereocenters. The molecule has 2 saturated carbocycles. The number of benzene rings is 2. The maximum absolute atomic E-state index is 13.1. The molecule has 0 unspecified atom stereocenters. The molecule has 150 valence electrons. The molecule has 2 heterocycles. The summed E-state index contributed by atoms with van der Waals surface area (Å²) < 4.78 is 5.42. The molecular weight excluding hydrogens is 360 g/mol. The molecule has 1 N–H and O–H groups in total. The Balaban J connectivity index is 1.38. The lowest BCUT2D eigenvalue weighted by Gasteiger charge is -2.43. The van der Waals surface area contributed by atoms with Gasteiger partial charge in [-0.25, -0.2) is 0 Å². The first-order valence-electron chi connectivity index (χ1n) is 11.1. The summed E-state index contributed by atoms with van der Waals surface area (Å²) in [5, 5.41) is 3.87. The zero-order valence-electron chi connectivity index (χ0n) is 16.7. The van der Waals surface area contributed by atoms with E-state index < -0.39 is 0 Å². The highest BCUT2D eigenvalue weighted by molar-refractivity contribution is 5.95. The van der Waals surface area contributed by atoms with Crippen LogP contribution < -0.4 is 5.32 Å². The molecule has 4 aliphatic rings. The highest BCUT2D eigenvalue weighted by Crippen LogP contribution is 2.63. The minimum absolute atomic E-state index is 0.154. The van der Waals surface area contributed by atoms with Gasteiger partial charge in [0.05, 0.1) is 19.3 Å². The summed E-state index contributed by atoms with van der Waals surface area (Å²) in [6.07, 6.45) is 4.05. The smallest absolute Gasteiger partial charge is 0.254 e. The third-order valence-corrected chi connectivity index (χ3v) is 7.79. The van der Waals surface area contributed by atoms with Crippen LogP contribution in [0.2, 0.25) is 0 Å². The van der Waals surface area contributed by atoms with Crippen molar-refractivity contribution in [3.05, 3.63) is 65.2 Å². The number of morpholine rings is 1. The fourth-order valence-electron chi connectivity index (χ4n) is 6.56. The van der Waals surface area contributed by atoms with E-state index in [2.05, 4.69) is 47.8 Å². The van der Waals surface area contributed by atoms with Gasteiger partial charge in [-0.05, 0) is 72.3 Å². The summed E-state index contributed by atoms with van der Waals surface area (Å²) in [5.74, 6) is 2.94. The molecule has 0 spiro atoms. The fourth-order valence-corrected chi connectivity index (χ4v) is 6.56. The van der Waals surface area contributed by atoms with Crippen LogP contribution in [0.25, 0.3) is 0 Å². The van der Waals surface area contributed by atoms with Crippen molar-refractivity contribution in [1.82, 2.24) is 4.90 Å². The highest BCUT2D eigenvalue weighted by atomic mass is 16.5. The maximum Gasteiger partial charge on any atom is 0.254 e. The third-order valence-electron chi connectivity index (χ3n) is 7.79. The molecule has 0 aromatic heterocycles. The lowest BCUT2D eigenvalue weighted by molar-refractivity contribution is 0.0303. The number of carbonyl (C=O) groups is 1. The van der Waals surface area contributed by atoms with Gasteiger partial charge in [-0.2, -0.15) is 0 Å².